The second kappa shape index (κ2) is 7.78. The van der Waals surface area contributed by atoms with Crippen LogP contribution in [0.5, 0.6) is 0 Å². The van der Waals surface area contributed by atoms with Crippen LogP contribution in [0.25, 0.3) is 10.6 Å². The van der Waals surface area contributed by atoms with Crippen molar-refractivity contribution in [1.82, 2.24) is 0 Å². The number of benzene rings is 2. The SMILES string of the molecule is N#CC(C#N)=CC(=C(Cl)c1ccccc1C(=O)O)c1ccccc1. The van der Waals surface area contributed by atoms with Crippen molar-refractivity contribution in [1.29, 1.82) is 10.5 Å². The number of allylic oxidation sites excluding steroid dienone is 3. The van der Waals surface area contributed by atoms with Crippen molar-refractivity contribution in [3.63, 3.8) is 0 Å². The molecule has 0 aliphatic rings. The van der Waals surface area contributed by atoms with E-state index < -0.39 is 5.97 Å². The van der Waals surface area contributed by atoms with Gasteiger partial charge >= 0.3 is 5.97 Å². The third kappa shape index (κ3) is 3.70. The molecule has 0 radical (unpaired) electrons. The molecule has 0 fully saturated rings. The predicted molar refractivity (Wildman–Crippen MR) is 91.8 cm³/mol. The summed E-state index contributed by atoms with van der Waals surface area (Å²) < 4.78 is 0. The first kappa shape index (κ1) is 17.0. The summed E-state index contributed by atoms with van der Waals surface area (Å²) >= 11 is 6.47. The minimum absolute atomic E-state index is 0.0415. The summed E-state index contributed by atoms with van der Waals surface area (Å²) in [4.78, 5) is 11.4. The molecule has 0 saturated carbocycles. The van der Waals surface area contributed by atoms with Gasteiger partial charge in [0.1, 0.15) is 17.7 Å². The largest absolute Gasteiger partial charge is 0.478 e. The maximum Gasteiger partial charge on any atom is 0.336 e. The standard InChI is InChI=1S/C19H11ClN2O2/c20-18(15-8-4-5-9-16(15)19(23)24)17(10-13(11-21)12-22)14-6-2-1-3-7-14/h1-10H,(H,23,24). The molecule has 0 amide bonds. The second-order valence-corrected chi connectivity index (χ2v) is 5.10. The normalized spacial score (nSPS) is 10.8. The molecule has 1 N–H and O–H groups in total. The highest BCUT2D eigenvalue weighted by Crippen LogP contribution is 2.33. The summed E-state index contributed by atoms with van der Waals surface area (Å²) in [6.45, 7) is 0. The molecule has 0 saturated heterocycles. The zero-order valence-electron chi connectivity index (χ0n) is 12.4. The maximum atomic E-state index is 11.4. The number of hydrogen-bond acceptors (Lipinski definition) is 3. The van der Waals surface area contributed by atoms with Crippen molar-refractivity contribution < 1.29 is 9.90 Å². The lowest BCUT2D eigenvalue weighted by atomic mass is 9.98. The third-order valence-corrected chi connectivity index (χ3v) is 3.65. The lowest BCUT2D eigenvalue weighted by Gasteiger charge is -2.10. The molecule has 0 spiro atoms. The molecular formula is C19H11ClN2O2. The lowest BCUT2D eigenvalue weighted by molar-refractivity contribution is 0.0696. The van der Waals surface area contributed by atoms with Gasteiger partial charge in [0.05, 0.1) is 10.6 Å². The minimum atomic E-state index is -1.11. The number of rotatable bonds is 4. The van der Waals surface area contributed by atoms with E-state index in [1.54, 1.807) is 54.6 Å². The molecule has 2 rings (SSSR count). The summed E-state index contributed by atoms with van der Waals surface area (Å²) in [6, 6.07) is 18.8. The highest BCUT2D eigenvalue weighted by molar-refractivity contribution is 6.53. The van der Waals surface area contributed by atoms with Crippen LogP contribution in [0.2, 0.25) is 0 Å². The van der Waals surface area contributed by atoms with Gasteiger partial charge in [-0.1, -0.05) is 60.1 Å². The number of aromatic carboxylic acids is 1. The molecule has 0 unspecified atom stereocenters. The number of hydrogen-bond donors (Lipinski definition) is 1. The molecule has 0 bridgehead atoms. The number of nitriles is 2. The van der Waals surface area contributed by atoms with Gasteiger partial charge < -0.3 is 5.11 Å². The monoisotopic (exact) mass is 334 g/mol. The fourth-order valence-electron chi connectivity index (χ4n) is 2.13. The van der Waals surface area contributed by atoms with Crippen LogP contribution in [0, 0.1) is 22.7 Å². The first-order valence-corrected chi connectivity index (χ1v) is 7.26. The summed E-state index contributed by atoms with van der Waals surface area (Å²) in [6.07, 6.45) is 1.36. The molecular weight excluding hydrogens is 324 g/mol. The van der Waals surface area contributed by atoms with Gasteiger partial charge in [0.15, 0.2) is 0 Å². The summed E-state index contributed by atoms with van der Waals surface area (Å²) in [5.74, 6) is -1.11. The zero-order chi connectivity index (χ0) is 17.5. The Kier molecular flexibility index (Phi) is 5.52. The van der Waals surface area contributed by atoms with Crippen LogP contribution < -0.4 is 0 Å². The topological polar surface area (TPSA) is 84.9 Å². The maximum absolute atomic E-state index is 11.4. The average Bonchev–Trinajstić information content (AvgIpc) is 2.63. The van der Waals surface area contributed by atoms with E-state index in [0.29, 0.717) is 16.7 Å². The van der Waals surface area contributed by atoms with Crippen LogP contribution in [0.3, 0.4) is 0 Å². The fraction of sp³-hybridized carbons (Fsp3) is 0. The smallest absolute Gasteiger partial charge is 0.336 e. The van der Waals surface area contributed by atoms with E-state index in [2.05, 4.69) is 0 Å². The molecule has 0 aliphatic heterocycles. The molecule has 0 aromatic heterocycles. The number of carbonyl (C=O) groups is 1. The van der Waals surface area contributed by atoms with E-state index in [4.69, 9.17) is 22.1 Å². The Morgan fingerprint density at radius 2 is 1.50 bits per heavy atom. The molecule has 5 heteroatoms. The molecule has 0 aliphatic carbocycles. The van der Waals surface area contributed by atoms with Crippen LogP contribution in [-0.4, -0.2) is 11.1 Å². The van der Waals surface area contributed by atoms with Gasteiger partial charge in [-0.25, -0.2) is 4.79 Å². The van der Waals surface area contributed by atoms with E-state index in [0.717, 1.165) is 0 Å². The Morgan fingerprint density at radius 3 is 2.04 bits per heavy atom. The summed E-state index contributed by atoms with van der Waals surface area (Å²) in [7, 11) is 0. The quantitative estimate of drug-likeness (QED) is 0.508. The highest BCUT2D eigenvalue weighted by atomic mass is 35.5. The number of carboxylic acids is 1. The predicted octanol–water partition coefficient (Wildman–Crippen LogP) is 4.47. The van der Waals surface area contributed by atoms with Gasteiger partial charge in [-0.2, -0.15) is 10.5 Å². The van der Waals surface area contributed by atoms with Crippen molar-refractivity contribution >= 4 is 28.2 Å². The van der Waals surface area contributed by atoms with Crippen molar-refractivity contribution in [3.05, 3.63) is 82.9 Å². The van der Waals surface area contributed by atoms with E-state index in [9.17, 15) is 9.90 Å². The molecule has 0 atom stereocenters. The van der Waals surface area contributed by atoms with Gasteiger partial charge in [-0.3, -0.25) is 0 Å². The van der Waals surface area contributed by atoms with Crippen molar-refractivity contribution in [2.45, 2.75) is 0 Å². The number of nitrogens with zero attached hydrogens (tertiary/aromatic N) is 2. The number of carboxylic acid groups (broad SMARTS) is 1. The van der Waals surface area contributed by atoms with E-state index in [1.807, 2.05) is 6.07 Å². The van der Waals surface area contributed by atoms with Crippen molar-refractivity contribution in [2.24, 2.45) is 0 Å². The molecule has 0 heterocycles. The van der Waals surface area contributed by atoms with E-state index in [-0.39, 0.29) is 16.2 Å². The van der Waals surface area contributed by atoms with E-state index >= 15 is 0 Å². The van der Waals surface area contributed by atoms with Gasteiger partial charge in [-0.05, 0) is 17.7 Å². The molecule has 116 valence electrons. The van der Waals surface area contributed by atoms with Crippen LogP contribution in [0.15, 0.2) is 66.2 Å². The van der Waals surface area contributed by atoms with Gasteiger partial charge in [0.25, 0.3) is 0 Å². The minimum Gasteiger partial charge on any atom is -0.478 e. The van der Waals surface area contributed by atoms with E-state index in [1.165, 1.54) is 12.1 Å². The van der Waals surface area contributed by atoms with Crippen LogP contribution in [0.4, 0.5) is 0 Å². The molecule has 24 heavy (non-hydrogen) atoms. The Morgan fingerprint density at radius 1 is 0.958 bits per heavy atom. The van der Waals surface area contributed by atoms with Gasteiger partial charge in [0.2, 0.25) is 0 Å². The first-order chi connectivity index (χ1) is 11.6. The Bertz CT molecular complexity index is 900. The zero-order valence-corrected chi connectivity index (χ0v) is 13.2. The lowest BCUT2D eigenvalue weighted by Crippen LogP contribution is -2.01. The summed E-state index contributed by atoms with van der Waals surface area (Å²) in [5, 5.41) is 27.5. The second-order valence-electron chi connectivity index (χ2n) is 4.73. The summed E-state index contributed by atoms with van der Waals surface area (Å²) in [5.41, 5.74) is 1.31. The van der Waals surface area contributed by atoms with Crippen molar-refractivity contribution in [2.75, 3.05) is 0 Å². The van der Waals surface area contributed by atoms with Gasteiger partial charge in [0, 0.05) is 11.1 Å². The fourth-order valence-corrected chi connectivity index (χ4v) is 2.46. The Hall–Kier alpha value is -3.34. The Balaban J connectivity index is 2.78. The van der Waals surface area contributed by atoms with Crippen molar-refractivity contribution in [3.8, 4) is 12.1 Å². The molecule has 2 aromatic rings. The first-order valence-electron chi connectivity index (χ1n) is 6.88. The Labute approximate surface area is 144 Å². The average molecular weight is 335 g/mol. The third-order valence-electron chi connectivity index (χ3n) is 3.24. The van der Waals surface area contributed by atoms with Crippen LogP contribution >= 0.6 is 11.6 Å². The molecule has 4 nitrogen and oxygen atoms in total. The van der Waals surface area contributed by atoms with Crippen LogP contribution in [0.1, 0.15) is 21.5 Å². The van der Waals surface area contributed by atoms with Crippen LogP contribution in [-0.2, 0) is 0 Å². The number of halogens is 1. The highest BCUT2D eigenvalue weighted by Gasteiger charge is 2.16. The van der Waals surface area contributed by atoms with Gasteiger partial charge in [-0.15, -0.1) is 0 Å². The molecule has 2 aromatic carbocycles.